The van der Waals surface area contributed by atoms with E-state index < -0.39 is 11.6 Å². The Labute approximate surface area is 169 Å². The molecule has 0 saturated carbocycles. The molecule has 0 spiro atoms. The summed E-state index contributed by atoms with van der Waals surface area (Å²) in [6.45, 7) is 9.69. The maximum Gasteiger partial charge on any atom is 0.329 e. The molecule has 0 bridgehead atoms. The molecule has 1 aromatic heterocycles. The Morgan fingerprint density at radius 1 is 1.24 bits per heavy atom. The van der Waals surface area contributed by atoms with Gasteiger partial charge in [0, 0.05) is 11.0 Å². The topological polar surface area (TPSA) is 93.7 Å². The number of hydrogen-bond donors (Lipinski definition) is 1. The van der Waals surface area contributed by atoms with Crippen molar-refractivity contribution in [2.45, 2.75) is 52.7 Å². The highest BCUT2D eigenvalue weighted by atomic mass is 16.5. The van der Waals surface area contributed by atoms with E-state index in [2.05, 4.69) is 36.1 Å². The number of anilines is 1. The van der Waals surface area contributed by atoms with Crippen LogP contribution in [0.1, 0.15) is 41.0 Å². The number of fused-ring (bicyclic) bond motifs is 1. The Morgan fingerprint density at radius 2 is 1.93 bits per heavy atom. The summed E-state index contributed by atoms with van der Waals surface area (Å²) in [7, 11) is 0. The Bertz CT molecular complexity index is 967. The maximum absolute atomic E-state index is 12.4. The van der Waals surface area contributed by atoms with Crippen LogP contribution < -0.4 is 15.0 Å². The van der Waals surface area contributed by atoms with Crippen LogP contribution in [0.3, 0.4) is 0 Å². The van der Waals surface area contributed by atoms with E-state index >= 15 is 0 Å². The zero-order valence-electron chi connectivity index (χ0n) is 17.1. The van der Waals surface area contributed by atoms with Crippen molar-refractivity contribution in [3.8, 4) is 6.01 Å². The fourth-order valence-electron chi connectivity index (χ4n) is 3.52. The lowest BCUT2D eigenvalue weighted by molar-refractivity contribution is -0.121. The van der Waals surface area contributed by atoms with Crippen molar-refractivity contribution in [2.75, 3.05) is 4.90 Å². The molecule has 1 aromatic rings. The Hall–Kier alpha value is -3.16. The van der Waals surface area contributed by atoms with Gasteiger partial charge in [0.1, 0.15) is 17.4 Å². The first-order valence-electron chi connectivity index (χ1n) is 9.49. The highest BCUT2D eigenvalue weighted by Gasteiger charge is 2.45. The van der Waals surface area contributed by atoms with Gasteiger partial charge in [0.05, 0.1) is 24.3 Å². The number of nitrogens with zero attached hydrogens (tertiary/aromatic N) is 3. The minimum absolute atomic E-state index is 0.0314. The van der Waals surface area contributed by atoms with Crippen LogP contribution in [0.15, 0.2) is 47.7 Å². The summed E-state index contributed by atoms with van der Waals surface area (Å²) in [4.78, 5) is 33.8. The molecule has 4 rings (SSSR count). The van der Waals surface area contributed by atoms with Gasteiger partial charge in [-0.2, -0.15) is 0 Å². The van der Waals surface area contributed by atoms with Gasteiger partial charge < -0.3 is 14.8 Å². The fourth-order valence-corrected chi connectivity index (χ4v) is 3.52. The van der Waals surface area contributed by atoms with Gasteiger partial charge in [-0.1, -0.05) is 20.8 Å². The molecule has 2 aliphatic heterocycles. The van der Waals surface area contributed by atoms with Crippen LogP contribution in [0.5, 0.6) is 6.01 Å². The van der Waals surface area contributed by atoms with Gasteiger partial charge in [0.25, 0.3) is 5.91 Å². The van der Waals surface area contributed by atoms with Gasteiger partial charge in [0.2, 0.25) is 0 Å². The summed E-state index contributed by atoms with van der Waals surface area (Å²) < 4.78 is 11.7. The van der Waals surface area contributed by atoms with Gasteiger partial charge in [0.15, 0.2) is 0 Å². The molecule has 1 unspecified atom stereocenters. The normalized spacial score (nSPS) is 23.0. The van der Waals surface area contributed by atoms with Gasteiger partial charge in [-0.15, -0.1) is 0 Å². The largest absolute Gasteiger partial charge is 0.492 e. The first-order valence-corrected chi connectivity index (χ1v) is 9.49. The fraction of sp³-hybridized carbons (Fsp3) is 0.429. The van der Waals surface area contributed by atoms with Crippen molar-refractivity contribution < 1.29 is 19.1 Å². The first-order chi connectivity index (χ1) is 13.6. The predicted molar refractivity (Wildman–Crippen MR) is 106 cm³/mol. The standard InChI is InChI=1S/C21H24N4O4/c1-20(2,3)16-15-8-14(7-6-12(15)11-28-16)29-18-22-9-13(10-23-18)25-17(26)21(4,5)24-19(25)27/h7-11,16H,6H2,1-5H3,(H,24,27). The average molecular weight is 396 g/mol. The van der Waals surface area contributed by atoms with E-state index in [9.17, 15) is 9.59 Å². The van der Waals surface area contributed by atoms with E-state index in [4.69, 9.17) is 9.47 Å². The molecule has 0 radical (unpaired) electrons. The minimum Gasteiger partial charge on any atom is -0.492 e. The van der Waals surface area contributed by atoms with Gasteiger partial charge in [-0.3, -0.25) is 4.79 Å². The molecular weight excluding hydrogens is 372 g/mol. The van der Waals surface area contributed by atoms with Crippen LogP contribution >= 0.6 is 0 Å². The summed E-state index contributed by atoms with van der Waals surface area (Å²) in [6, 6.07) is -0.354. The molecule has 1 aliphatic carbocycles. The van der Waals surface area contributed by atoms with Crippen molar-refractivity contribution in [2.24, 2.45) is 5.41 Å². The maximum atomic E-state index is 12.4. The molecule has 152 valence electrons. The summed E-state index contributed by atoms with van der Waals surface area (Å²) in [5.74, 6) is 0.286. The monoisotopic (exact) mass is 396 g/mol. The third-order valence-corrected chi connectivity index (χ3v) is 5.05. The number of nitrogens with one attached hydrogen (secondary N) is 1. The lowest BCUT2D eigenvalue weighted by Gasteiger charge is -2.29. The Kier molecular flexibility index (Phi) is 4.25. The minimum atomic E-state index is -0.955. The third-order valence-electron chi connectivity index (χ3n) is 5.05. The molecule has 3 heterocycles. The molecule has 3 amide bonds. The van der Waals surface area contributed by atoms with E-state index in [-0.39, 0.29) is 23.4 Å². The summed E-state index contributed by atoms with van der Waals surface area (Å²) in [6.07, 6.45) is 9.20. The lowest BCUT2D eigenvalue weighted by Crippen LogP contribution is -2.40. The Balaban J connectivity index is 1.50. The number of ether oxygens (including phenoxy) is 2. The van der Waals surface area contributed by atoms with Gasteiger partial charge in [-0.05, 0) is 38.0 Å². The molecule has 1 atom stereocenters. The summed E-state index contributed by atoms with van der Waals surface area (Å²) in [5.41, 5.74) is 1.55. The molecule has 0 aromatic carbocycles. The number of rotatable bonds is 3. The smallest absolute Gasteiger partial charge is 0.329 e. The van der Waals surface area contributed by atoms with Crippen LogP contribution in [-0.2, 0) is 9.53 Å². The second-order valence-corrected chi connectivity index (χ2v) is 8.96. The van der Waals surface area contributed by atoms with E-state index in [0.29, 0.717) is 17.9 Å². The number of amides is 3. The SMILES string of the molecule is CC1(C)NC(=O)N(c2cnc(OC3=CCC4=COC(C(C)(C)C)C4=C3)nc2)C1=O. The lowest BCUT2D eigenvalue weighted by atomic mass is 9.81. The molecule has 8 heteroatoms. The van der Waals surface area contributed by atoms with Crippen LogP contribution in [0.2, 0.25) is 0 Å². The van der Waals surface area contributed by atoms with Crippen molar-refractivity contribution in [3.63, 3.8) is 0 Å². The van der Waals surface area contributed by atoms with Crippen LogP contribution in [-0.4, -0.2) is 33.5 Å². The highest BCUT2D eigenvalue weighted by Crippen LogP contribution is 2.40. The number of hydrogen-bond acceptors (Lipinski definition) is 6. The zero-order valence-corrected chi connectivity index (χ0v) is 17.1. The van der Waals surface area contributed by atoms with Crippen molar-refractivity contribution in [3.05, 3.63) is 47.7 Å². The van der Waals surface area contributed by atoms with E-state index in [1.54, 1.807) is 13.8 Å². The number of carbonyl (C=O) groups excluding carboxylic acids is 2. The number of aromatic nitrogens is 2. The molecule has 1 N–H and O–H groups in total. The molecule has 3 aliphatic rings. The second-order valence-electron chi connectivity index (χ2n) is 8.96. The molecule has 29 heavy (non-hydrogen) atoms. The summed E-state index contributed by atoms with van der Waals surface area (Å²) >= 11 is 0. The van der Waals surface area contributed by atoms with Crippen molar-refractivity contribution in [1.82, 2.24) is 15.3 Å². The number of carbonyl (C=O) groups is 2. The number of allylic oxidation sites excluding steroid dienone is 2. The van der Waals surface area contributed by atoms with Crippen molar-refractivity contribution >= 4 is 17.6 Å². The number of imide groups is 1. The molecule has 1 saturated heterocycles. The van der Waals surface area contributed by atoms with E-state index in [1.165, 1.54) is 12.4 Å². The Morgan fingerprint density at radius 3 is 2.52 bits per heavy atom. The molecular formula is C21H24N4O4. The quantitative estimate of drug-likeness (QED) is 0.789. The first kappa shape index (κ1) is 19.2. The number of urea groups is 1. The van der Waals surface area contributed by atoms with Crippen LogP contribution in [0, 0.1) is 5.41 Å². The zero-order chi connectivity index (χ0) is 21.0. The molecule has 1 fully saturated rings. The van der Waals surface area contributed by atoms with Crippen molar-refractivity contribution in [1.29, 1.82) is 0 Å². The predicted octanol–water partition coefficient (Wildman–Crippen LogP) is 3.23. The van der Waals surface area contributed by atoms with Crippen LogP contribution in [0.4, 0.5) is 10.5 Å². The highest BCUT2D eigenvalue weighted by molar-refractivity contribution is 6.22. The van der Waals surface area contributed by atoms with E-state index in [0.717, 1.165) is 16.0 Å². The average Bonchev–Trinajstić information content (AvgIpc) is 3.14. The summed E-state index contributed by atoms with van der Waals surface area (Å²) in [5, 5.41) is 2.63. The van der Waals surface area contributed by atoms with Gasteiger partial charge in [-0.25, -0.2) is 19.7 Å². The van der Waals surface area contributed by atoms with Crippen LogP contribution in [0.25, 0.3) is 0 Å². The third kappa shape index (κ3) is 3.39. The van der Waals surface area contributed by atoms with E-state index in [1.807, 2.05) is 18.4 Å². The molecule has 8 nitrogen and oxygen atoms in total. The van der Waals surface area contributed by atoms with Gasteiger partial charge >= 0.3 is 12.0 Å². The second kappa shape index (κ2) is 6.43.